The van der Waals surface area contributed by atoms with Crippen LogP contribution in [0, 0.1) is 108 Å². The molecule has 0 aliphatic carbocycles. The summed E-state index contributed by atoms with van der Waals surface area (Å²) in [6.45, 7) is 131. The van der Waals surface area contributed by atoms with Gasteiger partial charge in [0.05, 0.1) is 0 Å². The Morgan fingerprint density at radius 1 is 0.161 bits per heavy atom. The molecule has 0 rings (SSSR count). The maximum absolute atomic E-state index is 12.6. The topological polar surface area (TPSA) is 105 Å². The molecule has 19 heteroatoms. The van der Waals surface area contributed by atoms with E-state index in [4.69, 9.17) is 18.9 Å². The van der Waals surface area contributed by atoms with Gasteiger partial charge in [0.25, 0.3) is 0 Å². The fourth-order valence-electron chi connectivity index (χ4n) is 14.6. The zero-order chi connectivity index (χ0) is 118. The third-order valence-electron chi connectivity index (χ3n) is 23.9. The fourth-order valence-corrected chi connectivity index (χ4v) is 35.0. The van der Waals surface area contributed by atoms with Gasteiger partial charge in [-0.05, 0) is 271 Å². The summed E-state index contributed by atoms with van der Waals surface area (Å²) in [7, 11) is 0. The van der Waals surface area contributed by atoms with E-state index in [9.17, 15) is 19.2 Å². The maximum atomic E-state index is 12.6. The molecular weight excluding hydrogens is 2040 g/mol. The molecule has 7 unspecified atom stereocenters. The van der Waals surface area contributed by atoms with Gasteiger partial charge in [0.1, 0.15) is 31.8 Å². The van der Waals surface area contributed by atoms with E-state index >= 15 is 0 Å². The highest BCUT2D eigenvalue weighted by atomic mass is 32.2. The number of esters is 4. The quantitative estimate of drug-likeness (QED) is 0.0327. The number of carbonyl (C=O) groups is 4. The van der Waals surface area contributed by atoms with Gasteiger partial charge < -0.3 is 18.9 Å². The lowest BCUT2D eigenvalue weighted by Gasteiger charge is -2.32. The molecule has 0 saturated heterocycles. The first-order valence-electron chi connectivity index (χ1n) is 58.5. The second kappa shape index (κ2) is 73.9. The van der Waals surface area contributed by atoms with Gasteiger partial charge in [0.15, 0.2) is 0 Å². The van der Waals surface area contributed by atoms with Gasteiger partial charge in [0, 0.05) is 103 Å². The highest BCUT2D eigenvalue weighted by molar-refractivity contribution is 8.06. The Bertz CT molecular complexity index is 3140. The van der Waals surface area contributed by atoms with Crippen molar-refractivity contribution in [3.05, 3.63) is 0 Å². The van der Waals surface area contributed by atoms with Crippen LogP contribution in [0.15, 0.2) is 0 Å². The first-order valence-corrected chi connectivity index (χ1v) is 70.5. The van der Waals surface area contributed by atoms with E-state index in [-0.39, 0.29) is 73.8 Å². The first kappa shape index (κ1) is 159. The molecule has 0 heterocycles. The van der Waals surface area contributed by atoms with Gasteiger partial charge in [-0.25, -0.2) is 0 Å². The van der Waals surface area contributed by atoms with Gasteiger partial charge in [-0.1, -0.05) is 395 Å². The van der Waals surface area contributed by atoms with Crippen LogP contribution in [0.3, 0.4) is 0 Å². The lowest BCUT2D eigenvalue weighted by molar-refractivity contribution is -0.171. The van der Waals surface area contributed by atoms with E-state index < -0.39 is 29.3 Å². The molecule has 8 nitrogen and oxygen atoms in total. The molecule has 0 aliphatic rings. The number of hydrogen-bond acceptors (Lipinski definition) is 19. The van der Waals surface area contributed by atoms with Crippen molar-refractivity contribution in [1.82, 2.24) is 0 Å². The van der Waals surface area contributed by atoms with Crippen LogP contribution in [0.1, 0.15) is 542 Å². The Labute approximate surface area is 982 Å². The first-order chi connectivity index (χ1) is 66.3. The Hall–Kier alpha value is 1.73. The Balaban J connectivity index is -0.000000589. The second-order valence-electron chi connectivity index (χ2n) is 67.4. The molecule has 0 N–H and O–H groups in total. The maximum Gasteiger partial charge on any atom is 0.305 e. The van der Waals surface area contributed by atoms with Crippen LogP contribution in [-0.4, -0.2) is 173 Å². The summed E-state index contributed by atoms with van der Waals surface area (Å²) < 4.78 is 22.5. The van der Waals surface area contributed by atoms with Gasteiger partial charge in [-0.2, -0.15) is 129 Å². The Kier molecular flexibility index (Phi) is 78.9. The molecule has 0 aliphatic heterocycles. The minimum atomic E-state index is -1.23. The minimum absolute atomic E-state index is 0.0517. The summed E-state index contributed by atoms with van der Waals surface area (Å²) in [6.07, 6.45) is 23.2. The predicted molar refractivity (Wildman–Crippen MR) is 705 cm³/mol. The average molecular weight is 2310 g/mol. The molecule has 0 amide bonds. The summed E-state index contributed by atoms with van der Waals surface area (Å²) in [4.78, 5) is 50.6. The van der Waals surface area contributed by atoms with E-state index in [0.29, 0.717) is 107 Å². The molecule has 0 aromatic rings. The molecule has 0 radical (unpaired) electrons. The summed E-state index contributed by atoms with van der Waals surface area (Å²) in [5.74, 6) is 18.0. The lowest BCUT2D eigenvalue weighted by atomic mass is 9.89. The summed E-state index contributed by atoms with van der Waals surface area (Å²) >= 11 is 24.5. The van der Waals surface area contributed by atoms with Crippen molar-refractivity contribution >= 4 is 153 Å². The molecule has 0 bridgehead atoms. The molecule has 149 heavy (non-hydrogen) atoms. The van der Waals surface area contributed by atoms with E-state index in [2.05, 4.69) is 441 Å². The largest absolute Gasteiger partial charge is 0.465 e. The summed E-state index contributed by atoms with van der Waals surface area (Å²) in [6, 6.07) is 0. The van der Waals surface area contributed by atoms with Crippen LogP contribution in [0.5, 0.6) is 0 Å². The molecular formula is C130H262O8S11. The van der Waals surface area contributed by atoms with Gasteiger partial charge in [0.2, 0.25) is 0 Å². The molecule has 0 spiro atoms. The van der Waals surface area contributed by atoms with Crippen molar-refractivity contribution < 1.29 is 38.1 Å². The zero-order valence-corrected chi connectivity index (χ0v) is 119. The van der Waals surface area contributed by atoms with Crippen LogP contribution < -0.4 is 0 Å². The van der Waals surface area contributed by atoms with Crippen molar-refractivity contribution in [2.45, 2.75) is 579 Å². The standard InChI is InChI=1S/C33H60O8.3C26H54S3.C19H40S2/c1-29(2,3)17-13-25(34)38-21-33(22-39-26(35)14-18-30(4,5)6,23-40-27(36)15-19-31(7,8)9)24-41-28(37)16-20-32(10,11)12;1-23(2,3)13-15-28-21(17-25(7,8)9)19-27-20-22(18-26(10,11)12)29-16-14-24(4,5)6;1-23(2,3)13-15-27-19-21(17-25(7,8)9)29-20-22(18-26(10,11)12)28-16-14-24(4,5)6;1-23(2,3)13-15-27-19-21(17-25(7,8)9)29-22(18-26(10,11)12)20-28-16-14-24(4,5)6;1-17(2,3)10-12-20-15-16(14-19(7,8)9)21-13-11-18(4,5)6/h13-24H2,1-12H3;3*21-22H,13-20H2,1-12H3;16H,10-15H2,1-9H3. The van der Waals surface area contributed by atoms with E-state index in [1.54, 1.807) is 0 Å². The average Bonchev–Trinajstić information content (AvgIpc) is 0.844. The fraction of sp³-hybridized carbons (Fsp3) is 0.969. The minimum Gasteiger partial charge on any atom is -0.465 e. The Morgan fingerprint density at radius 2 is 0.302 bits per heavy atom. The molecule has 0 fully saturated rings. The number of thioether (sulfide) groups is 11. The Morgan fingerprint density at radius 3 is 0.470 bits per heavy atom. The predicted octanol–water partition coefficient (Wildman–Crippen LogP) is 43.6. The van der Waals surface area contributed by atoms with Crippen LogP contribution in [-0.2, 0) is 38.1 Å². The normalized spacial score (nSPS) is 15.1. The van der Waals surface area contributed by atoms with Crippen molar-refractivity contribution in [1.29, 1.82) is 0 Å². The van der Waals surface area contributed by atoms with Gasteiger partial charge in [-0.3, -0.25) is 19.2 Å². The molecule has 0 saturated carbocycles. The highest BCUT2D eigenvalue weighted by Crippen LogP contribution is 2.44. The van der Waals surface area contributed by atoms with E-state index in [1.807, 2.05) is 83.1 Å². The van der Waals surface area contributed by atoms with Crippen molar-refractivity contribution in [2.75, 3.05) is 113 Å². The third-order valence-corrected chi connectivity index (χ3v) is 39.0. The highest BCUT2D eigenvalue weighted by Gasteiger charge is 2.40. The summed E-state index contributed by atoms with van der Waals surface area (Å²) in [5.41, 5.74) is 5.19. The SMILES string of the molecule is CC(C)(C)CCC(=O)OCC(COC(=O)CCC(C)(C)C)(COC(=O)CCC(C)(C)C)COC(=O)CCC(C)(C)C.CC(C)(C)CCSC(CSCC(CC(C)(C)C)SCCC(C)(C)C)CC(C)(C)C.CC(C)(C)CCSCC(CC(C)(C)C)SC(CSCCC(C)(C)C)CC(C)(C)C.CC(C)(C)CCSCC(CC(C)(C)C)SCC(CC(C)(C)C)SCCC(C)(C)C.CC(C)(C)CCSCC(CC(C)(C)C)SCCC(C)(C)C. The second-order valence-corrected chi connectivity index (χ2v) is 81.6. The molecule has 7 atom stereocenters. The number of ether oxygens (including phenoxy) is 4. The van der Waals surface area contributed by atoms with Gasteiger partial charge in [-0.15, -0.1) is 0 Å². The monoisotopic (exact) mass is 2300 g/mol. The van der Waals surface area contributed by atoms with Crippen LogP contribution in [0.4, 0.5) is 0 Å². The number of hydrogen-bond donors (Lipinski definition) is 0. The number of carbonyl (C=O) groups excluding carboxylic acids is 4. The zero-order valence-electron chi connectivity index (χ0n) is 110. The van der Waals surface area contributed by atoms with Crippen LogP contribution >= 0.6 is 129 Å². The molecule has 0 aromatic heterocycles. The van der Waals surface area contributed by atoms with E-state index in [0.717, 1.165) is 36.7 Å². The van der Waals surface area contributed by atoms with Crippen molar-refractivity contribution in [3.63, 3.8) is 0 Å². The third kappa shape index (κ3) is 128. The van der Waals surface area contributed by atoms with Crippen molar-refractivity contribution in [3.8, 4) is 0 Å². The van der Waals surface area contributed by atoms with Crippen LogP contribution in [0.2, 0.25) is 0 Å². The number of rotatable bonds is 60. The molecule has 896 valence electrons. The van der Waals surface area contributed by atoms with Gasteiger partial charge >= 0.3 is 23.9 Å². The van der Waals surface area contributed by atoms with Crippen molar-refractivity contribution in [2.24, 2.45) is 108 Å². The van der Waals surface area contributed by atoms with E-state index in [1.165, 1.54) is 183 Å². The summed E-state index contributed by atoms with van der Waals surface area (Å²) in [5, 5.41) is 5.51. The smallest absolute Gasteiger partial charge is 0.305 e. The lowest BCUT2D eigenvalue weighted by Crippen LogP contribution is -2.44. The van der Waals surface area contributed by atoms with Crippen LogP contribution in [0.25, 0.3) is 0 Å². The molecule has 0 aromatic carbocycles.